The van der Waals surface area contributed by atoms with Crippen molar-refractivity contribution in [2.24, 2.45) is 0 Å². The van der Waals surface area contributed by atoms with Crippen molar-refractivity contribution in [3.8, 4) is 5.75 Å². The number of aromatic nitrogens is 5. The fraction of sp³-hybridized carbons (Fsp3) is 0.448. The molecule has 2 aromatic heterocycles. The summed E-state index contributed by atoms with van der Waals surface area (Å²) in [6.45, 7) is 5.89. The van der Waals surface area contributed by atoms with Crippen LogP contribution >= 0.6 is 0 Å². The first-order valence-electron chi connectivity index (χ1n) is 13.8. The number of aromatic amines is 1. The van der Waals surface area contributed by atoms with Gasteiger partial charge in [0.2, 0.25) is 0 Å². The number of anilines is 1. The van der Waals surface area contributed by atoms with Crippen molar-refractivity contribution in [2.75, 3.05) is 37.7 Å². The van der Waals surface area contributed by atoms with Gasteiger partial charge in [0.05, 0.1) is 12.6 Å². The molecular formula is C29H35N7O2. The first-order valence-corrected chi connectivity index (χ1v) is 13.8. The fourth-order valence-corrected chi connectivity index (χ4v) is 6.00. The quantitative estimate of drug-likeness (QED) is 0.393. The van der Waals surface area contributed by atoms with Gasteiger partial charge in [-0.25, -0.2) is 4.68 Å². The van der Waals surface area contributed by atoms with Crippen LogP contribution in [0.1, 0.15) is 62.5 Å². The Morgan fingerprint density at radius 3 is 2.55 bits per heavy atom. The van der Waals surface area contributed by atoms with Crippen molar-refractivity contribution >= 4 is 16.6 Å². The zero-order chi connectivity index (χ0) is 25.9. The SMILES string of the molecule is CCOc1ccc2[nH]c(=O)c([C@H](c3nnnn3C3CCCCC3)N3CCN(c4ccccc4)CC3)cc2c1. The van der Waals surface area contributed by atoms with E-state index in [4.69, 9.17) is 4.74 Å². The summed E-state index contributed by atoms with van der Waals surface area (Å²) in [5.74, 6) is 1.55. The maximum atomic E-state index is 13.6. The number of nitrogens with one attached hydrogen (secondary N) is 1. The van der Waals surface area contributed by atoms with E-state index >= 15 is 0 Å². The average molecular weight is 514 g/mol. The molecule has 9 heteroatoms. The molecule has 0 bridgehead atoms. The van der Waals surface area contributed by atoms with E-state index in [1.54, 1.807) is 0 Å². The molecule has 3 heterocycles. The Balaban J connectivity index is 1.39. The zero-order valence-electron chi connectivity index (χ0n) is 21.9. The number of fused-ring (bicyclic) bond motifs is 1. The molecule has 1 saturated heterocycles. The van der Waals surface area contributed by atoms with Crippen molar-refractivity contribution in [3.05, 3.63) is 76.3 Å². The number of benzene rings is 2. The second kappa shape index (κ2) is 10.9. The maximum absolute atomic E-state index is 13.6. The molecule has 1 aliphatic carbocycles. The van der Waals surface area contributed by atoms with Crippen LogP contribution in [0.5, 0.6) is 5.75 Å². The molecule has 38 heavy (non-hydrogen) atoms. The summed E-state index contributed by atoms with van der Waals surface area (Å²) in [7, 11) is 0. The van der Waals surface area contributed by atoms with Crippen molar-refractivity contribution in [1.82, 2.24) is 30.1 Å². The summed E-state index contributed by atoms with van der Waals surface area (Å²) in [5.41, 5.74) is 2.59. The van der Waals surface area contributed by atoms with Gasteiger partial charge in [0.1, 0.15) is 11.8 Å². The first-order chi connectivity index (χ1) is 18.7. The number of para-hydroxylation sites is 1. The molecule has 0 unspecified atom stereocenters. The predicted octanol–water partition coefficient (Wildman–Crippen LogP) is 4.33. The molecule has 4 aromatic rings. The molecule has 198 valence electrons. The predicted molar refractivity (Wildman–Crippen MR) is 148 cm³/mol. The van der Waals surface area contributed by atoms with E-state index in [0.29, 0.717) is 12.2 Å². The van der Waals surface area contributed by atoms with Crippen LogP contribution < -0.4 is 15.2 Å². The van der Waals surface area contributed by atoms with E-state index in [0.717, 1.165) is 61.5 Å². The zero-order valence-corrected chi connectivity index (χ0v) is 21.9. The lowest BCUT2D eigenvalue weighted by Crippen LogP contribution is -2.49. The van der Waals surface area contributed by atoms with Gasteiger partial charge in [-0.15, -0.1) is 5.10 Å². The Bertz CT molecular complexity index is 1420. The molecule has 1 aliphatic heterocycles. The number of tetrazole rings is 1. The van der Waals surface area contributed by atoms with Gasteiger partial charge in [-0.1, -0.05) is 37.5 Å². The Kier molecular flexibility index (Phi) is 7.09. The third-order valence-electron chi connectivity index (χ3n) is 7.93. The normalized spacial score (nSPS) is 18.1. The van der Waals surface area contributed by atoms with E-state index < -0.39 is 0 Å². The van der Waals surface area contributed by atoms with Gasteiger partial charge in [0, 0.05) is 48.3 Å². The maximum Gasteiger partial charge on any atom is 0.253 e. The van der Waals surface area contributed by atoms with Gasteiger partial charge in [0.25, 0.3) is 5.56 Å². The summed E-state index contributed by atoms with van der Waals surface area (Å²) in [4.78, 5) is 21.5. The molecule has 1 N–H and O–H groups in total. The van der Waals surface area contributed by atoms with E-state index in [-0.39, 0.29) is 17.6 Å². The first kappa shape index (κ1) is 24.6. The molecule has 6 rings (SSSR count). The molecule has 1 atom stereocenters. The molecule has 9 nitrogen and oxygen atoms in total. The summed E-state index contributed by atoms with van der Waals surface area (Å²) >= 11 is 0. The van der Waals surface area contributed by atoms with Gasteiger partial charge >= 0.3 is 0 Å². The molecule has 0 amide bonds. The molecule has 1 saturated carbocycles. The van der Waals surface area contributed by atoms with Gasteiger partial charge in [0.15, 0.2) is 5.82 Å². The van der Waals surface area contributed by atoms with Crippen LogP contribution in [-0.2, 0) is 0 Å². The third kappa shape index (κ3) is 4.90. The standard InChI is InChI=1S/C29H35N7O2/c1-2-38-24-13-14-26-21(19-24)20-25(29(37)30-26)27(28-31-32-33-36(28)23-11-7-4-8-12-23)35-17-15-34(16-18-35)22-9-5-3-6-10-22/h3,5-6,9-10,13-14,19-20,23,27H,2,4,7-8,11-12,15-18H2,1H3,(H,30,37)/t27-/m1/s1. The van der Waals surface area contributed by atoms with E-state index in [9.17, 15) is 4.79 Å². The number of pyridine rings is 1. The van der Waals surface area contributed by atoms with Crippen LogP contribution in [0.4, 0.5) is 5.69 Å². The van der Waals surface area contributed by atoms with Crippen LogP contribution in [0.25, 0.3) is 10.9 Å². The number of hydrogen-bond acceptors (Lipinski definition) is 7. The second-order valence-electron chi connectivity index (χ2n) is 10.3. The topological polar surface area (TPSA) is 92.2 Å². The lowest BCUT2D eigenvalue weighted by molar-refractivity contribution is 0.192. The van der Waals surface area contributed by atoms with Crippen molar-refractivity contribution < 1.29 is 4.74 Å². The van der Waals surface area contributed by atoms with Crippen LogP contribution in [0.2, 0.25) is 0 Å². The smallest absolute Gasteiger partial charge is 0.253 e. The average Bonchev–Trinajstić information content (AvgIpc) is 3.45. The van der Waals surface area contributed by atoms with Gasteiger partial charge in [-0.3, -0.25) is 9.69 Å². The Morgan fingerprint density at radius 1 is 1.00 bits per heavy atom. The van der Waals surface area contributed by atoms with Crippen LogP contribution in [-0.4, -0.2) is 62.9 Å². The number of hydrogen-bond donors (Lipinski definition) is 1. The van der Waals surface area contributed by atoms with E-state index in [1.165, 1.54) is 24.9 Å². The summed E-state index contributed by atoms with van der Waals surface area (Å²) in [6.07, 6.45) is 5.75. The molecule has 2 aliphatic rings. The number of H-pyrrole nitrogens is 1. The number of nitrogens with zero attached hydrogens (tertiary/aromatic N) is 6. The summed E-state index contributed by atoms with van der Waals surface area (Å²) < 4.78 is 7.75. The van der Waals surface area contributed by atoms with E-state index in [1.807, 2.05) is 41.9 Å². The van der Waals surface area contributed by atoms with Crippen LogP contribution in [0, 0.1) is 0 Å². The van der Waals surface area contributed by atoms with Crippen molar-refractivity contribution in [3.63, 3.8) is 0 Å². The van der Waals surface area contributed by atoms with Crippen LogP contribution in [0.15, 0.2) is 59.4 Å². The largest absolute Gasteiger partial charge is 0.494 e. The van der Waals surface area contributed by atoms with Crippen molar-refractivity contribution in [2.45, 2.75) is 51.1 Å². The Hall–Kier alpha value is -3.72. The summed E-state index contributed by atoms with van der Waals surface area (Å²) in [5, 5.41) is 14.1. The molecule has 2 aromatic carbocycles. The molecular weight excluding hydrogens is 478 g/mol. The highest BCUT2D eigenvalue weighted by atomic mass is 16.5. The minimum absolute atomic E-state index is 0.102. The number of rotatable bonds is 7. The van der Waals surface area contributed by atoms with Gasteiger partial charge < -0.3 is 14.6 Å². The molecule has 0 radical (unpaired) electrons. The highest BCUT2D eigenvalue weighted by molar-refractivity contribution is 5.80. The molecule has 2 fully saturated rings. The van der Waals surface area contributed by atoms with Gasteiger partial charge in [-0.2, -0.15) is 0 Å². The highest BCUT2D eigenvalue weighted by Crippen LogP contribution is 2.34. The number of piperazine rings is 1. The third-order valence-corrected chi connectivity index (χ3v) is 7.93. The fourth-order valence-electron chi connectivity index (χ4n) is 6.00. The summed E-state index contributed by atoms with van der Waals surface area (Å²) in [6, 6.07) is 18.2. The van der Waals surface area contributed by atoms with Gasteiger partial charge in [-0.05, 0) is 66.6 Å². The van der Waals surface area contributed by atoms with Crippen molar-refractivity contribution in [1.29, 1.82) is 0 Å². The Labute approximate surface area is 222 Å². The lowest BCUT2D eigenvalue weighted by atomic mass is 9.95. The number of ether oxygens (including phenoxy) is 1. The second-order valence-corrected chi connectivity index (χ2v) is 10.3. The lowest BCUT2D eigenvalue weighted by Gasteiger charge is -2.40. The minimum Gasteiger partial charge on any atom is -0.494 e. The Morgan fingerprint density at radius 2 is 1.79 bits per heavy atom. The minimum atomic E-state index is -0.339. The highest BCUT2D eigenvalue weighted by Gasteiger charge is 2.34. The monoisotopic (exact) mass is 513 g/mol. The molecule has 0 spiro atoms. The van der Waals surface area contributed by atoms with E-state index in [2.05, 4.69) is 54.6 Å². The van der Waals surface area contributed by atoms with Crippen LogP contribution in [0.3, 0.4) is 0 Å².